The molecule has 0 aromatic carbocycles. The van der Waals surface area contributed by atoms with E-state index in [1.54, 1.807) is 0 Å². The molecule has 0 aliphatic rings. The fraction of sp³-hybridized carbons (Fsp3) is 0.800. The second kappa shape index (κ2) is 7.09. The van der Waals surface area contributed by atoms with Gasteiger partial charge >= 0.3 is 12.1 Å². The zero-order chi connectivity index (χ0) is 11.8. The van der Waals surface area contributed by atoms with Gasteiger partial charge in [0.1, 0.15) is 6.04 Å². The van der Waals surface area contributed by atoms with E-state index in [2.05, 4.69) is 6.92 Å². The van der Waals surface area contributed by atoms with Crippen molar-refractivity contribution in [2.24, 2.45) is 5.92 Å². The van der Waals surface area contributed by atoms with E-state index in [0.717, 1.165) is 19.3 Å². The molecule has 15 heavy (non-hydrogen) atoms. The Bertz CT molecular complexity index is 217. The lowest BCUT2D eigenvalue weighted by Gasteiger charge is -2.15. The first-order chi connectivity index (χ1) is 6.97. The number of amides is 1. The Morgan fingerprint density at radius 1 is 1.20 bits per heavy atom. The predicted molar refractivity (Wildman–Crippen MR) is 55.9 cm³/mol. The van der Waals surface area contributed by atoms with Crippen LogP contribution in [0.4, 0.5) is 4.79 Å². The molecule has 2 atom stereocenters. The van der Waals surface area contributed by atoms with E-state index in [4.69, 9.17) is 10.2 Å². The van der Waals surface area contributed by atoms with Crippen molar-refractivity contribution in [3.05, 3.63) is 0 Å². The van der Waals surface area contributed by atoms with E-state index in [9.17, 15) is 9.59 Å². The minimum atomic E-state index is -1.29. The van der Waals surface area contributed by atoms with Gasteiger partial charge in [-0.3, -0.25) is 0 Å². The first kappa shape index (κ1) is 13.7. The van der Waals surface area contributed by atoms with Gasteiger partial charge in [-0.1, -0.05) is 26.7 Å². The molecule has 1 amide bonds. The molecule has 5 heteroatoms. The molecule has 0 spiro atoms. The summed E-state index contributed by atoms with van der Waals surface area (Å²) in [4.78, 5) is 21.0. The summed E-state index contributed by atoms with van der Waals surface area (Å²) in [6.07, 6.45) is 1.89. The van der Waals surface area contributed by atoms with Crippen LogP contribution in [0, 0.1) is 5.92 Å². The lowest BCUT2D eigenvalue weighted by atomic mass is 9.97. The third-order valence-corrected chi connectivity index (χ3v) is 2.33. The van der Waals surface area contributed by atoms with Crippen LogP contribution in [0.1, 0.15) is 39.5 Å². The average molecular weight is 217 g/mol. The molecular formula is C10H19NO4. The van der Waals surface area contributed by atoms with Crippen LogP contribution < -0.4 is 5.32 Å². The molecule has 3 N–H and O–H groups in total. The summed E-state index contributed by atoms with van der Waals surface area (Å²) in [5.74, 6) is -0.673. The monoisotopic (exact) mass is 217 g/mol. The average Bonchev–Trinajstić information content (AvgIpc) is 2.11. The molecule has 0 aliphatic heterocycles. The summed E-state index contributed by atoms with van der Waals surface area (Å²) < 4.78 is 0. The molecule has 0 rings (SSSR count). The molecule has 0 bridgehead atoms. The van der Waals surface area contributed by atoms with Crippen LogP contribution in [0.25, 0.3) is 0 Å². The van der Waals surface area contributed by atoms with E-state index in [-0.39, 0.29) is 0 Å². The molecule has 0 saturated carbocycles. The van der Waals surface area contributed by atoms with E-state index < -0.39 is 18.1 Å². The summed E-state index contributed by atoms with van der Waals surface area (Å²) in [5, 5.41) is 19.2. The molecule has 0 saturated heterocycles. The van der Waals surface area contributed by atoms with Crippen molar-refractivity contribution in [2.45, 2.75) is 45.6 Å². The fourth-order valence-electron chi connectivity index (χ4n) is 1.49. The number of hydrogen-bond acceptors (Lipinski definition) is 2. The third kappa shape index (κ3) is 6.76. The number of nitrogens with one attached hydrogen (secondary N) is 1. The Morgan fingerprint density at radius 3 is 2.20 bits per heavy atom. The molecule has 0 aromatic heterocycles. The highest BCUT2D eigenvalue weighted by Crippen LogP contribution is 2.13. The second-order valence-electron chi connectivity index (χ2n) is 3.81. The van der Waals surface area contributed by atoms with Crippen LogP contribution in [-0.4, -0.2) is 28.3 Å². The summed E-state index contributed by atoms with van der Waals surface area (Å²) >= 11 is 0. The standard InChI is InChI=1S/C10H19NO4/c1-3-4-7(2)5-6-8(9(12)13)11-10(14)15/h7-8,11H,3-6H2,1-2H3,(H,12,13)(H,14,15). The highest BCUT2D eigenvalue weighted by molar-refractivity contribution is 5.78. The summed E-state index contributed by atoms with van der Waals surface area (Å²) in [7, 11) is 0. The van der Waals surface area contributed by atoms with Crippen LogP contribution >= 0.6 is 0 Å². The maximum absolute atomic E-state index is 10.7. The van der Waals surface area contributed by atoms with Gasteiger partial charge < -0.3 is 15.5 Å². The van der Waals surface area contributed by atoms with Crippen molar-refractivity contribution in [1.82, 2.24) is 5.32 Å². The number of carbonyl (C=O) groups is 2. The molecule has 0 radical (unpaired) electrons. The van der Waals surface area contributed by atoms with Crippen molar-refractivity contribution in [1.29, 1.82) is 0 Å². The van der Waals surface area contributed by atoms with Gasteiger partial charge in [-0.2, -0.15) is 0 Å². The lowest BCUT2D eigenvalue weighted by Crippen LogP contribution is -2.40. The van der Waals surface area contributed by atoms with Crippen LogP contribution in [-0.2, 0) is 4.79 Å². The van der Waals surface area contributed by atoms with Crippen molar-refractivity contribution >= 4 is 12.1 Å². The SMILES string of the molecule is CCCC(C)CCC(NC(=O)O)C(=O)O. The van der Waals surface area contributed by atoms with E-state index >= 15 is 0 Å². The number of hydrogen-bond donors (Lipinski definition) is 3. The fourth-order valence-corrected chi connectivity index (χ4v) is 1.49. The van der Waals surface area contributed by atoms with E-state index in [1.807, 2.05) is 12.2 Å². The van der Waals surface area contributed by atoms with Gasteiger partial charge in [0.25, 0.3) is 0 Å². The molecule has 0 aromatic rings. The van der Waals surface area contributed by atoms with Gasteiger partial charge in [0, 0.05) is 0 Å². The Labute approximate surface area is 89.5 Å². The molecule has 2 unspecified atom stereocenters. The van der Waals surface area contributed by atoms with Gasteiger partial charge in [-0.15, -0.1) is 0 Å². The number of rotatable bonds is 7. The zero-order valence-corrected chi connectivity index (χ0v) is 9.19. The zero-order valence-electron chi connectivity index (χ0n) is 9.19. The summed E-state index contributed by atoms with van der Waals surface area (Å²) in [6, 6.07) is -0.984. The lowest BCUT2D eigenvalue weighted by molar-refractivity contribution is -0.139. The quantitative estimate of drug-likeness (QED) is 0.608. The summed E-state index contributed by atoms with van der Waals surface area (Å²) in [5.41, 5.74) is 0. The Hall–Kier alpha value is -1.26. The Kier molecular flexibility index (Phi) is 6.49. The van der Waals surface area contributed by atoms with Gasteiger partial charge in [-0.25, -0.2) is 9.59 Å². The predicted octanol–water partition coefficient (Wildman–Crippen LogP) is 1.92. The van der Waals surface area contributed by atoms with Gasteiger partial charge in [-0.05, 0) is 18.8 Å². The molecule has 5 nitrogen and oxygen atoms in total. The van der Waals surface area contributed by atoms with Gasteiger partial charge in [0.15, 0.2) is 0 Å². The summed E-state index contributed by atoms with van der Waals surface area (Å²) in [6.45, 7) is 4.11. The first-order valence-corrected chi connectivity index (χ1v) is 5.19. The molecule has 0 fully saturated rings. The number of aliphatic carboxylic acids is 1. The van der Waals surface area contributed by atoms with Crippen molar-refractivity contribution < 1.29 is 19.8 Å². The van der Waals surface area contributed by atoms with E-state index in [1.165, 1.54) is 0 Å². The van der Waals surface area contributed by atoms with Crippen LogP contribution in [0.3, 0.4) is 0 Å². The number of carboxylic acid groups (broad SMARTS) is 2. The third-order valence-electron chi connectivity index (χ3n) is 2.33. The highest BCUT2D eigenvalue weighted by atomic mass is 16.4. The van der Waals surface area contributed by atoms with Crippen LogP contribution in [0.15, 0.2) is 0 Å². The van der Waals surface area contributed by atoms with Crippen LogP contribution in [0.5, 0.6) is 0 Å². The van der Waals surface area contributed by atoms with Crippen LogP contribution in [0.2, 0.25) is 0 Å². The van der Waals surface area contributed by atoms with Gasteiger partial charge in [0.05, 0.1) is 0 Å². The molecule has 0 heterocycles. The van der Waals surface area contributed by atoms with Gasteiger partial charge in [0.2, 0.25) is 0 Å². The Morgan fingerprint density at radius 2 is 1.80 bits per heavy atom. The Balaban J connectivity index is 3.96. The molecule has 88 valence electrons. The smallest absolute Gasteiger partial charge is 0.405 e. The molecular weight excluding hydrogens is 198 g/mol. The van der Waals surface area contributed by atoms with Crippen molar-refractivity contribution in [3.8, 4) is 0 Å². The highest BCUT2D eigenvalue weighted by Gasteiger charge is 2.19. The first-order valence-electron chi connectivity index (χ1n) is 5.19. The topological polar surface area (TPSA) is 86.6 Å². The maximum Gasteiger partial charge on any atom is 0.405 e. The van der Waals surface area contributed by atoms with Crippen molar-refractivity contribution in [2.75, 3.05) is 0 Å². The minimum absolute atomic E-state index is 0.350. The minimum Gasteiger partial charge on any atom is -0.480 e. The second-order valence-corrected chi connectivity index (χ2v) is 3.81. The largest absolute Gasteiger partial charge is 0.480 e. The maximum atomic E-state index is 10.7. The number of carboxylic acids is 1. The van der Waals surface area contributed by atoms with Crippen molar-refractivity contribution in [3.63, 3.8) is 0 Å². The van der Waals surface area contributed by atoms with E-state index in [0.29, 0.717) is 12.3 Å². The normalized spacial score (nSPS) is 14.3. The molecule has 0 aliphatic carbocycles.